The maximum absolute atomic E-state index is 12.2. The quantitative estimate of drug-likeness (QED) is 0.783. The van der Waals surface area contributed by atoms with E-state index in [1.54, 1.807) is 28.5 Å². The van der Waals surface area contributed by atoms with Crippen molar-refractivity contribution in [2.45, 2.75) is 6.42 Å². The Labute approximate surface area is 107 Å². The van der Waals surface area contributed by atoms with E-state index < -0.39 is 0 Å². The monoisotopic (exact) mass is 259 g/mol. The Kier molecular flexibility index (Phi) is 2.64. The van der Waals surface area contributed by atoms with E-state index in [0.29, 0.717) is 29.9 Å². The van der Waals surface area contributed by atoms with Crippen LogP contribution in [-0.4, -0.2) is 27.8 Å². The van der Waals surface area contributed by atoms with Crippen molar-refractivity contribution in [1.82, 2.24) is 9.59 Å². The van der Waals surface area contributed by atoms with E-state index in [4.69, 9.17) is 0 Å². The van der Waals surface area contributed by atoms with Gasteiger partial charge in [-0.1, -0.05) is 16.6 Å². The summed E-state index contributed by atoms with van der Waals surface area (Å²) in [5.41, 5.74) is 1.58. The second kappa shape index (κ2) is 4.30. The zero-order valence-electron chi connectivity index (χ0n) is 9.37. The average molecular weight is 259 g/mol. The van der Waals surface area contributed by atoms with Gasteiger partial charge in [0.15, 0.2) is 11.5 Å². The molecule has 90 valence electrons. The van der Waals surface area contributed by atoms with Crippen LogP contribution in [0.3, 0.4) is 0 Å². The normalized spacial score (nSPS) is 14.4. The molecule has 2 aromatic rings. The first-order valence-electron chi connectivity index (χ1n) is 5.48. The molecule has 0 unspecified atom stereocenters. The lowest BCUT2D eigenvalue weighted by Gasteiger charge is -2.27. The summed E-state index contributed by atoms with van der Waals surface area (Å²) >= 11 is 1.14. The van der Waals surface area contributed by atoms with Crippen molar-refractivity contribution in [2.75, 3.05) is 11.4 Å². The van der Waals surface area contributed by atoms with Crippen LogP contribution in [0.5, 0.6) is 0 Å². The van der Waals surface area contributed by atoms with Crippen molar-refractivity contribution < 1.29 is 9.59 Å². The zero-order valence-corrected chi connectivity index (χ0v) is 10.2. The topological polar surface area (TPSA) is 63.2 Å². The van der Waals surface area contributed by atoms with Gasteiger partial charge in [0, 0.05) is 23.9 Å². The van der Waals surface area contributed by atoms with Gasteiger partial charge in [-0.3, -0.25) is 9.59 Å². The number of fused-ring (bicyclic) bond motifs is 1. The van der Waals surface area contributed by atoms with Crippen LogP contribution in [0.4, 0.5) is 5.69 Å². The fourth-order valence-electron chi connectivity index (χ4n) is 2.02. The van der Waals surface area contributed by atoms with Crippen molar-refractivity contribution in [3.8, 4) is 0 Å². The molecule has 1 aromatic carbocycles. The molecule has 0 saturated carbocycles. The Morgan fingerprint density at radius 3 is 2.94 bits per heavy atom. The number of hydrogen-bond acceptors (Lipinski definition) is 5. The third-order valence-corrected chi connectivity index (χ3v) is 3.39. The number of benzene rings is 1. The van der Waals surface area contributed by atoms with Crippen LogP contribution >= 0.6 is 11.5 Å². The van der Waals surface area contributed by atoms with Crippen LogP contribution < -0.4 is 4.90 Å². The van der Waals surface area contributed by atoms with Crippen molar-refractivity contribution in [3.63, 3.8) is 0 Å². The van der Waals surface area contributed by atoms with Crippen LogP contribution in [-0.2, 0) is 0 Å². The summed E-state index contributed by atoms with van der Waals surface area (Å²) < 4.78 is 3.69. The fourth-order valence-corrected chi connectivity index (χ4v) is 2.45. The van der Waals surface area contributed by atoms with Crippen molar-refractivity contribution >= 4 is 28.9 Å². The molecular weight excluding hydrogens is 250 g/mol. The van der Waals surface area contributed by atoms with Gasteiger partial charge in [-0.15, -0.1) is 5.10 Å². The second-order valence-corrected chi connectivity index (χ2v) is 4.55. The lowest BCUT2D eigenvalue weighted by Crippen LogP contribution is -2.37. The molecule has 1 aliphatic rings. The van der Waals surface area contributed by atoms with E-state index in [9.17, 15) is 9.59 Å². The molecule has 0 fully saturated rings. The molecule has 3 rings (SSSR count). The minimum atomic E-state index is -0.205. The number of hydrogen-bond donors (Lipinski definition) is 0. The number of carbonyl (C=O) groups is 2. The number of nitrogens with zero attached hydrogens (tertiary/aromatic N) is 3. The van der Waals surface area contributed by atoms with Crippen LogP contribution in [0, 0.1) is 0 Å². The summed E-state index contributed by atoms with van der Waals surface area (Å²) in [6.07, 6.45) is 0.348. The highest BCUT2D eigenvalue weighted by atomic mass is 32.1. The summed E-state index contributed by atoms with van der Waals surface area (Å²) in [5.74, 6) is -0.130. The van der Waals surface area contributed by atoms with Gasteiger partial charge in [-0.05, 0) is 23.7 Å². The highest BCUT2D eigenvalue weighted by Crippen LogP contribution is 2.27. The number of anilines is 1. The maximum atomic E-state index is 12.2. The minimum absolute atomic E-state index is 0.0750. The SMILES string of the molecule is O=C1CCN(C(=O)c2csnn2)c2ccccc21. The van der Waals surface area contributed by atoms with Crippen LogP contribution in [0.15, 0.2) is 29.6 Å². The molecule has 2 heterocycles. The summed E-state index contributed by atoms with van der Waals surface area (Å²) in [5, 5.41) is 5.39. The van der Waals surface area contributed by atoms with Crippen LogP contribution in [0.1, 0.15) is 27.3 Å². The van der Waals surface area contributed by atoms with E-state index in [1.165, 1.54) is 0 Å². The number of aromatic nitrogens is 2. The number of para-hydroxylation sites is 1. The molecule has 0 aliphatic carbocycles. The molecule has 18 heavy (non-hydrogen) atoms. The Morgan fingerprint density at radius 1 is 1.33 bits per heavy atom. The average Bonchev–Trinajstić information content (AvgIpc) is 2.93. The maximum Gasteiger partial charge on any atom is 0.279 e. The zero-order chi connectivity index (χ0) is 12.5. The molecule has 0 spiro atoms. The van der Waals surface area contributed by atoms with E-state index in [0.717, 1.165) is 11.5 Å². The lowest BCUT2D eigenvalue weighted by molar-refractivity contribution is 0.0952. The highest BCUT2D eigenvalue weighted by molar-refractivity contribution is 7.03. The Morgan fingerprint density at radius 2 is 2.17 bits per heavy atom. The number of amides is 1. The van der Waals surface area contributed by atoms with Crippen molar-refractivity contribution in [2.24, 2.45) is 0 Å². The van der Waals surface area contributed by atoms with Gasteiger partial charge in [0.25, 0.3) is 5.91 Å². The van der Waals surface area contributed by atoms with Gasteiger partial charge >= 0.3 is 0 Å². The van der Waals surface area contributed by atoms with E-state index in [-0.39, 0.29) is 11.7 Å². The molecule has 1 amide bonds. The van der Waals surface area contributed by atoms with E-state index in [2.05, 4.69) is 9.59 Å². The summed E-state index contributed by atoms with van der Waals surface area (Å²) in [6.45, 7) is 0.395. The summed E-state index contributed by atoms with van der Waals surface area (Å²) in [7, 11) is 0. The molecule has 0 radical (unpaired) electrons. The first-order chi connectivity index (χ1) is 8.77. The van der Waals surface area contributed by atoms with Gasteiger partial charge in [-0.2, -0.15) is 0 Å². The molecule has 0 atom stereocenters. The first kappa shape index (κ1) is 11.0. The Balaban J connectivity index is 2.03. The van der Waals surface area contributed by atoms with Crippen LogP contribution in [0.2, 0.25) is 0 Å². The second-order valence-electron chi connectivity index (χ2n) is 3.94. The standard InChI is InChI=1S/C12H9N3O2S/c16-11-5-6-15(10-4-2-1-3-8(10)11)12(17)9-7-18-14-13-9/h1-4,7H,5-6H2. The smallest absolute Gasteiger partial charge is 0.279 e. The summed E-state index contributed by atoms with van der Waals surface area (Å²) in [6, 6.07) is 7.15. The molecule has 1 aromatic heterocycles. The van der Waals surface area contributed by atoms with Gasteiger partial charge in [0.05, 0.1) is 5.69 Å². The number of ketones is 1. The third kappa shape index (κ3) is 1.70. The minimum Gasteiger partial charge on any atom is -0.306 e. The van der Waals surface area contributed by atoms with Crippen LogP contribution in [0.25, 0.3) is 0 Å². The number of rotatable bonds is 1. The molecular formula is C12H9N3O2S. The summed E-state index contributed by atoms with van der Waals surface area (Å²) in [4.78, 5) is 25.6. The molecule has 0 bridgehead atoms. The predicted octanol–water partition coefficient (Wildman–Crippen LogP) is 1.77. The van der Waals surface area contributed by atoms with E-state index in [1.807, 2.05) is 6.07 Å². The third-order valence-electron chi connectivity index (χ3n) is 2.88. The molecule has 5 nitrogen and oxygen atoms in total. The Hall–Kier alpha value is -2.08. The largest absolute Gasteiger partial charge is 0.306 e. The molecule has 6 heteroatoms. The van der Waals surface area contributed by atoms with Gasteiger partial charge in [0.2, 0.25) is 0 Å². The number of carbonyl (C=O) groups excluding carboxylic acids is 2. The Bertz CT molecular complexity index is 610. The molecule has 1 aliphatic heterocycles. The predicted molar refractivity (Wildman–Crippen MR) is 67.0 cm³/mol. The molecule has 0 saturated heterocycles. The van der Waals surface area contributed by atoms with Crippen molar-refractivity contribution in [3.05, 3.63) is 40.9 Å². The first-order valence-corrected chi connectivity index (χ1v) is 6.32. The number of Topliss-reactive ketones (excluding diaryl/α,β-unsaturated/α-hetero) is 1. The van der Waals surface area contributed by atoms with E-state index >= 15 is 0 Å². The van der Waals surface area contributed by atoms with Crippen molar-refractivity contribution in [1.29, 1.82) is 0 Å². The molecule has 0 N–H and O–H groups in total. The fraction of sp³-hybridized carbons (Fsp3) is 0.167. The van der Waals surface area contributed by atoms with Gasteiger partial charge in [-0.25, -0.2) is 0 Å². The van der Waals surface area contributed by atoms with Gasteiger partial charge < -0.3 is 4.90 Å². The highest BCUT2D eigenvalue weighted by Gasteiger charge is 2.28. The van der Waals surface area contributed by atoms with Gasteiger partial charge in [0.1, 0.15) is 0 Å². The lowest BCUT2D eigenvalue weighted by atomic mass is 10.0.